The Morgan fingerprint density at radius 3 is 2.35 bits per heavy atom. The molecule has 6 heteroatoms. The van der Waals surface area contributed by atoms with Crippen LogP contribution >= 0.6 is 0 Å². The van der Waals surface area contributed by atoms with E-state index in [9.17, 15) is 14.4 Å². The summed E-state index contributed by atoms with van der Waals surface area (Å²) in [5.74, 6) is -1.38. The third kappa shape index (κ3) is 8.38. The number of nitrogens with one attached hydrogen (secondary N) is 1. The third-order valence-corrected chi connectivity index (χ3v) is 2.31. The summed E-state index contributed by atoms with van der Waals surface area (Å²) in [7, 11) is 0. The quantitative estimate of drug-likeness (QED) is 0.512. The van der Waals surface area contributed by atoms with Crippen LogP contribution in [-0.4, -0.2) is 23.8 Å². The summed E-state index contributed by atoms with van der Waals surface area (Å²) in [6, 6.07) is -0.863. The molecule has 5 N–H and O–H groups in total. The molecule has 0 aromatic heterocycles. The molecule has 0 bridgehead atoms. The zero-order valence-electron chi connectivity index (χ0n) is 10.2. The topological polar surface area (TPSA) is 115 Å². The van der Waals surface area contributed by atoms with E-state index in [1.54, 1.807) is 0 Å². The summed E-state index contributed by atoms with van der Waals surface area (Å²) in [6.07, 6.45) is 3.24. The molecule has 0 aliphatic rings. The lowest BCUT2D eigenvalue weighted by Crippen LogP contribution is -2.43. The Bertz CT molecular complexity index is 279. The largest absolute Gasteiger partial charge is 0.370 e. The Kier molecular flexibility index (Phi) is 7.96. The lowest BCUT2D eigenvalue weighted by molar-refractivity contribution is -0.131. The van der Waals surface area contributed by atoms with E-state index in [4.69, 9.17) is 11.5 Å². The number of hydrogen-bond acceptors (Lipinski definition) is 4. The summed E-state index contributed by atoms with van der Waals surface area (Å²) in [5, 5.41) is 2.21. The van der Waals surface area contributed by atoms with Gasteiger partial charge in [0.2, 0.25) is 17.7 Å². The van der Waals surface area contributed by atoms with E-state index in [0.717, 1.165) is 19.3 Å². The van der Waals surface area contributed by atoms with Crippen molar-refractivity contribution in [1.29, 1.82) is 0 Å². The number of nitrogens with two attached hydrogens (primary N) is 2. The summed E-state index contributed by atoms with van der Waals surface area (Å²) in [5.41, 5.74) is 10.4. The van der Waals surface area contributed by atoms with Gasteiger partial charge in [-0.1, -0.05) is 19.8 Å². The molecule has 0 radical (unpaired) electrons. The molecule has 0 saturated heterocycles. The maximum atomic E-state index is 11.4. The maximum absolute atomic E-state index is 11.4. The summed E-state index contributed by atoms with van der Waals surface area (Å²) < 4.78 is 0. The zero-order chi connectivity index (χ0) is 13.3. The van der Waals surface area contributed by atoms with Gasteiger partial charge in [0.25, 0.3) is 0 Å². The second-order valence-corrected chi connectivity index (χ2v) is 3.98. The Hall–Kier alpha value is -1.43. The lowest BCUT2D eigenvalue weighted by Gasteiger charge is -2.10. The molecule has 0 unspecified atom stereocenters. The Labute approximate surface area is 101 Å². The number of carbonyl (C=O) groups excluding carboxylic acids is 3. The van der Waals surface area contributed by atoms with E-state index in [1.165, 1.54) is 0 Å². The maximum Gasteiger partial charge on any atom is 0.243 e. The van der Waals surface area contributed by atoms with Gasteiger partial charge >= 0.3 is 0 Å². The summed E-state index contributed by atoms with van der Waals surface area (Å²) in [4.78, 5) is 33.2. The van der Waals surface area contributed by atoms with Crippen molar-refractivity contribution in [2.45, 2.75) is 51.5 Å². The van der Waals surface area contributed by atoms with Gasteiger partial charge in [-0.25, -0.2) is 0 Å². The van der Waals surface area contributed by atoms with E-state index in [2.05, 4.69) is 5.32 Å². The Balaban J connectivity index is 3.82. The van der Waals surface area contributed by atoms with Crippen molar-refractivity contribution in [1.82, 2.24) is 5.32 Å². The average Bonchev–Trinajstić information content (AvgIpc) is 2.26. The van der Waals surface area contributed by atoms with Crippen molar-refractivity contribution in [3.8, 4) is 0 Å². The number of carbonyl (C=O) groups is 3. The van der Waals surface area contributed by atoms with Crippen LogP contribution in [0.3, 0.4) is 0 Å². The fourth-order valence-electron chi connectivity index (χ4n) is 1.26. The Morgan fingerprint density at radius 2 is 1.82 bits per heavy atom. The normalized spacial score (nSPS) is 11.9. The molecule has 0 heterocycles. The van der Waals surface area contributed by atoms with Crippen LogP contribution in [0.5, 0.6) is 0 Å². The molecule has 0 aliphatic carbocycles. The molecule has 98 valence electrons. The van der Waals surface area contributed by atoms with Gasteiger partial charge in [-0.15, -0.1) is 0 Å². The van der Waals surface area contributed by atoms with Gasteiger partial charge in [-0.05, 0) is 12.8 Å². The second kappa shape index (κ2) is 8.69. The first kappa shape index (κ1) is 15.6. The second-order valence-electron chi connectivity index (χ2n) is 3.98. The molecule has 0 fully saturated rings. The van der Waals surface area contributed by atoms with Crippen molar-refractivity contribution < 1.29 is 14.4 Å². The molecular weight excluding hydrogens is 222 g/mol. The molecule has 17 heavy (non-hydrogen) atoms. The van der Waals surface area contributed by atoms with Crippen molar-refractivity contribution in [3.05, 3.63) is 0 Å². The van der Waals surface area contributed by atoms with Crippen LogP contribution in [0.25, 0.3) is 0 Å². The lowest BCUT2D eigenvalue weighted by atomic mass is 10.1. The van der Waals surface area contributed by atoms with Crippen LogP contribution < -0.4 is 16.8 Å². The highest BCUT2D eigenvalue weighted by molar-refractivity contribution is 5.97. The molecule has 0 saturated carbocycles. The number of unbranched alkanes of at least 4 members (excludes halogenated alkanes) is 2. The zero-order valence-corrected chi connectivity index (χ0v) is 10.2. The number of rotatable bonds is 8. The number of amides is 3. The van der Waals surface area contributed by atoms with Crippen LogP contribution in [-0.2, 0) is 14.4 Å². The molecule has 0 spiro atoms. The monoisotopic (exact) mass is 243 g/mol. The third-order valence-electron chi connectivity index (χ3n) is 2.31. The van der Waals surface area contributed by atoms with Crippen molar-refractivity contribution in [3.63, 3.8) is 0 Å². The minimum atomic E-state index is -0.863. The highest BCUT2D eigenvalue weighted by Crippen LogP contribution is 1.99. The predicted octanol–water partition coefficient (Wildman–Crippen LogP) is -0.198. The van der Waals surface area contributed by atoms with E-state index < -0.39 is 17.9 Å². The van der Waals surface area contributed by atoms with Gasteiger partial charge < -0.3 is 11.5 Å². The number of hydrogen-bond donors (Lipinski definition) is 3. The molecule has 3 amide bonds. The predicted molar refractivity (Wildman–Crippen MR) is 63.7 cm³/mol. The van der Waals surface area contributed by atoms with Gasteiger partial charge in [0.15, 0.2) is 0 Å². The highest BCUT2D eigenvalue weighted by Gasteiger charge is 2.16. The van der Waals surface area contributed by atoms with E-state index in [0.29, 0.717) is 6.42 Å². The molecule has 0 aromatic carbocycles. The van der Waals surface area contributed by atoms with E-state index >= 15 is 0 Å². The molecule has 6 nitrogen and oxygen atoms in total. The van der Waals surface area contributed by atoms with Crippen molar-refractivity contribution in [2.75, 3.05) is 0 Å². The average molecular weight is 243 g/mol. The Morgan fingerprint density at radius 1 is 1.18 bits per heavy atom. The first-order valence-corrected chi connectivity index (χ1v) is 5.85. The van der Waals surface area contributed by atoms with Crippen LogP contribution in [0.2, 0.25) is 0 Å². The highest BCUT2D eigenvalue weighted by atomic mass is 16.2. The molecular formula is C11H21N3O3. The first-order valence-electron chi connectivity index (χ1n) is 5.85. The fourth-order valence-corrected chi connectivity index (χ4v) is 1.26. The van der Waals surface area contributed by atoms with Gasteiger partial charge in [-0.3, -0.25) is 19.7 Å². The van der Waals surface area contributed by atoms with E-state index in [1.807, 2.05) is 6.92 Å². The van der Waals surface area contributed by atoms with Crippen LogP contribution in [0.4, 0.5) is 0 Å². The molecule has 1 atom stereocenters. The van der Waals surface area contributed by atoms with Crippen molar-refractivity contribution >= 4 is 17.7 Å². The van der Waals surface area contributed by atoms with Gasteiger partial charge in [-0.2, -0.15) is 0 Å². The van der Waals surface area contributed by atoms with Crippen LogP contribution in [0.15, 0.2) is 0 Å². The number of imide groups is 1. The summed E-state index contributed by atoms with van der Waals surface area (Å²) >= 11 is 0. The van der Waals surface area contributed by atoms with Gasteiger partial charge in [0, 0.05) is 12.8 Å². The van der Waals surface area contributed by atoms with Gasteiger partial charge in [0.05, 0.1) is 6.04 Å². The molecule has 0 aromatic rings. The van der Waals surface area contributed by atoms with Gasteiger partial charge in [0.1, 0.15) is 0 Å². The minimum absolute atomic E-state index is 0.0403. The SMILES string of the molecule is CCCCCC(=O)NC(=O)[C@@H](N)CCC(N)=O. The smallest absolute Gasteiger partial charge is 0.243 e. The number of primary amides is 1. The standard InChI is InChI=1S/C11H21N3O3/c1-2-3-4-5-10(16)14-11(17)8(12)6-7-9(13)15/h8H,2-7,12H2,1H3,(H2,13,15)(H,14,16,17)/t8-/m0/s1. The molecule has 0 aliphatic heterocycles. The fraction of sp³-hybridized carbons (Fsp3) is 0.727. The van der Waals surface area contributed by atoms with E-state index in [-0.39, 0.29) is 18.7 Å². The molecule has 0 rings (SSSR count). The van der Waals surface area contributed by atoms with Crippen LogP contribution in [0.1, 0.15) is 45.4 Å². The first-order chi connectivity index (χ1) is 7.97. The van der Waals surface area contributed by atoms with Crippen LogP contribution in [0, 0.1) is 0 Å². The summed E-state index contributed by atoms with van der Waals surface area (Å²) in [6.45, 7) is 2.03. The van der Waals surface area contributed by atoms with Crippen molar-refractivity contribution in [2.24, 2.45) is 11.5 Å². The minimum Gasteiger partial charge on any atom is -0.370 e.